The molecule has 1 aromatic carbocycles. The molecule has 4 bridgehead atoms. The molecule has 4 aliphatic carbocycles. The highest BCUT2D eigenvalue weighted by molar-refractivity contribution is 9.10. The van der Waals surface area contributed by atoms with E-state index in [1.165, 1.54) is 44.2 Å². The molecule has 0 aromatic heterocycles. The third kappa shape index (κ3) is 2.07. The third-order valence-corrected chi connectivity index (χ3v) is 6.17. The van der Waals surface area contributed by atoms with Crippen molar-refractivity contribution in [2.75, 3.05) is 5.32 Å². The average Bonchev–Trinajstić information content (AvgIpc) is 2.38. The van der Waals surface area contributed by atoms with Crippen molar-refractivity contribution in [1.29, 1.82) is 0 Å². The van der Waals surface area contributed by atoms with Crippen LogP contribution in [-0.2, 0) is 0 Å². The van der Waals surface area contributed by atoms with Gasteiger partial charge >= 0.3 is 0 Å². The van der Waals surface area contributed by atoms with Crippen LogP contribution in [0.5, 0.6) is 0 Å². The molecule has 108 valence electrons. The quantitative estimate of drug-likeness (QED) is 0.749. The minimum absolute atomic E-state index is 0.186. The smallest absolute Gasteiger partial charge is 0.147 e. The normalized spacial score (nSPS) is 38.2. The fourth-order valence-electron chi connectivity index (χ4n) is 4.97. The molecule has 4 fully saturated rings. The van der Waals surface area contributed by atoms with E-state index in [1.54, 1.807) is 0 Å². The monoisotopic (exact) mass is 341 g/mol. The van der Waals surface area contributed by atoms with Crippen molar-refractivity contribution in [1.82, 2.24) is 0 Å². The molecule has 0 radical (unpaired) electrons. The van der Waals surface area contributed by atoms with Crippen molar-refractivity contribution in [2.24, 2.45) is 23.7 Å². The zero-order chi connectivity index (χ0) is 13.9. The Morgan fingerprint density at radius 1 is 0.900 bits per heavy atom. The Kier molecular flexibility index (Phi) is 3.06. The molecule has 0 amide bonds. The summed E-state index contributed by atoms with van der Waals surface area (Å²) < 4.78 is 27.8. The number of hydrogen-bond donors (Lipinski definition) is 1. The van der Waals surface area contributed by atoms with Gasteiger partial charge in [-0.2, -0.15) is 0 Å². The van der Waals surface area contributed by atoms with Gasteiger partial charge in [-0.3, -0.25) is 0 Å². The molecular weight excluding hydrogens is 324 g/mol. The van der Waals surface area contributed by atoms with Crippen molar-refractivity contribution < 1.29 is 8.78 Å². The molecule has 1 aromatic rings. The first-order valence-corrected chi connectivity index (χ1v) is 8.30. The van der Waals surface area contributed by atoms with Crippen molar-refractivity contribution >= 4 is 21.6 Å². The maximum atomic E-state index is 14.0. The summed E-state index contributed by atoms with van der Waals surface area (Å²) in [6, 6.07) is 2.83. The van der Waals surface area contributed by atoms with Gasteiger partial charge in [-0.1, -0.05) is 0 Å². The predicted octanol–water partition coefficient (Wildman–Crippen LogP) is 4.96. The zero-order valence-electron chi connectivity index (χ0n) is 11.2. The lowest BCUT2D eigenvalue weighted by Gasteiger charge is -2.54. The van der Waals surface area contributed by atoms with Gasteiger partial charge in [0.1, 0.15) is 11.6 Å². The van der Waals surface area contributed by atoms with Crippen LogP contribution in [0, 0.1) is 35.3 Å². The summed E-state index contributed by atoms with van der Waals surface area (Å²) >= 11 is 3.02. The van der Waals surface area contributed by atoms with Crippen LogP contribution in [0.15, 0.2) is 16.6 Å². The van der Waals surface area contributed by atoms with E-state index >= 15 is 0 Å². The van der Waals surface area contributed by atoms with Gasteiger partial charge in [0.25, 0.3) is 0 Å². The van der Waals surface area contributed by atoms with E-state index < -0.39 is 5.82 Å². The molecule has 0 spiro atoms. The number of anilines is 1. The lowest BCUT2D eigenvalue weighted by atomic mass is 9.54. The van der Waals surface area contributed by atoms with Crippen LogP contribution < -0.4 is 5.32 Å². The minimum atomic E-state index is -0.405. The van der Waals surface area contributed by atoms with Gasteiger partial charge in [-0.25, -0.2) is 8.78 Å². The molecule has 4 saturated carbocycles. The first-order valence-electron chi connectivity index (χ1n) is 7.51. The Hall–Kier alpha value is -0.640. The summed E-state index contributed by atoms with van der Waals surface area (Å²) in [5.41, 5.74) is 0.322. The number of rotatable bonds is 2. The second-order valence-corrected chi connectivity index (χ2v) is 7.70. The molecule has 0 unspecified atom stereocenters. The summed E-state index contributed by atoms with van der Waals surface area (Å²) in [4.78, 5) is 0. The maximum absolute atomic E-state index is 14.0. The molecule has 0 heterocycles. The summed E-state index contributed by atoms with van der Waals surface area (Å²) in [5.74, 6) is 2.31. The number of benzene rings is 1. The van der Waals surface area contributed by atoms with Crippen LogP contribution in [0.3, 0.4) is 0 Å². The van der Waals surface area contributed by atoms with Crippen LogP contribution in [0.1, 0.15) is 32.1 Å². The van der Waals surface area contributed by atoms with Gasteiger partial charge in [0.05, 0.1) is 10.2 Å². The van der Waals surface area contributed by atoms with Gasteiger partial charge in [0, 0.05) is 12.1 Å². The molecule has 1 nitrogen and oxygen atoms in total. The second-order valence-electron chi connectivity index (χ2n) is 6.85. The van der Waals surface area contributed by atoms with Gasteiger partial charge in [-0.05, 0) is 77.8 Å². The van der Waals surface area contributed by atoms with E-state index in [-0.39, 0.29) is 10.3 Å². The Bertz CT molecular complexity index is 518. The summed E-state index contributed by atoms with van der Waals surface area (Å²) in [5, 5.41) is 3.32. The molecule has 0 saturated heterocycles. The molecule has 4 heteroatoms. The lowest BCUT2D eigenvalue weighted by Crippen LogP contribution is -2.51. The molecule has 20 heavy (non-hydrogen) atoms. The Morgan fingerprint density at radius 3 is 2.10 bits per heavy atom. The summed E-state index contributed by atoms with van der Waals surface area (Å²) in [7, 11) is 0. The van der Waals surface area contributed by atoms with Crippen LogP contribution in [-0.4, -0.2) is 6.04 Å². The summed E-state index contributed by atoms with van der Waals surface area (Å²) in [6.07, 6.45) is 6.48. The Morgan fingerprint density at radius 2 is 1.50 bits per heavy atom. The predicted molar refractivity (Wildman–Crippen MR) is 78.5 cm³/mol. The van der Waals surface area contributed by atoms with Crippen LogP contribution in [0.25, 0.3) is 0 Å². The van der Waals surface area contributed by atoms with E-state index in [9.17, 15) is 8.78 Å². The largest absolute Gasteiger partial charge is 0.379 e. The van der Waals surface area contributed by atoms with Crippen molar-refractivity contribution in [3.8, 4) is 0 Å². The number of halogens is 3. The fraction of sp³-hybridized carbons (Fsp3) is 0.625. The first-order chi connectivity index (χ1) is 9.60. The van der Waals surface area contributed by atoms with Crippen molar-refractivity contribution in [3.05, 3.63) is 28.2 Å². The van der Waals surface area contributed by atoms with Crippen LogP contribution >= 0.6 is 15.9 Å². The van der Waals surface area contributed by atoms with E-state index in [2.05, 4.69) is 21.2 Å². The maximum Gasteiger partial charge on any atom is 0.147 e. The number of nitrogens with one attached hydrogen (secondary N) is 1. The lowest BCUT2D eigenvalue weighted by molar-refractivity contribution is 0.00743. The average molecular weight is 342 g/mol. The SMILES string of the molecule is Fc1cc(NC2C3CC4CC(C3)CC2C4)c(F)cc1Br. The molecule has 5 rings (SSSR count). The molecule has 1 N–H and O–H groups in total. The molecular formula is C16H18BrF2N. The zero-order valence-corrected chi connectivity index (χ0v) is 12.8. The van der Waals surface area contributed by atoms with Crippen LogP contribution in [0.4, 0.5) is 14.5 Å². The summed E-state index contributed by atoms with van der Waals surface area (Å²) in [6.45, 7) is 0. The first kappa shape index (κ1) is 13.1. The topological polar surface area (TPSA) is 12.0 Å². The highest BCUT2D eigenvalue weighted by Crippen LogP contribution is 2.54. The molecule has 0 aliphatic heterocycles. The minimum Gasteiger partial charge on any atom is -0.379 e. The standard InChI is InChI=1S/C16H18BrF2N/c17-12-6-14(19)15(7-13(12)18)20-16-10-2-8-1-9(4-10)5-11(16)3-8/h6-11,16,20H,1-5H2. The van der Waals surface area contributed by atoms with E-state index in [1.807, 2.05) is 0 Å². The second kappa shape index (κ2) is 4.69. The van der Waals surface area contributed by atoms with Gasteiger partial charge in [-0.15, -0.1) is 0 Å². The van der Waals surface area contributed by atoms with Gasteiger partial charge in [0.2, 0.25) is 0 Å². The van der Waals surface area contributed by atoms with Gasteiger partial charge < -0.3 is 5.32 Å². The highest BCUT2D eigenvalue weighted by Gasteiger charge is 2.48. The van der Waals surface area contributed by atoms with E-state index in [0.29, 0.717) is 23.6 Å². The third-order valence-electron chi connectivity index (χ3n) is 5.56. The van der Waals surface area contributed by atoms with E-state index in [4.69, 9.17) is 0 Å². The molecule has 0 atom stereocenters. The fourth-order valence-corrected chi connectivity index (χ4v) is 5.29. The van der Waals surface area contributed by atoms with Crippen molar-refractivity contribution in [3.63, 3.8) is 0 Å². The molecule has 4 aliphatic rings. The van der Waals surface area contributed by atoms with Gasteiger partial charge in [0.15, 0.2) is 0 Å². The highest BCUT2D eigenvalue weighted by atomic mass is 79.9. The number of hydrogen-bond acceptors (Lipinski definition) is 1. The van der Waals surface area contributed by atoms with Crippen molar-refractivity contribution in [2.45, 2.75) is 38.1 Å². The van der Waals surface area contributed by atoms with E-state index in [0.717, 1.165) is 11.8 Å². The Balaban J connectivity index is 1.59. The Labute approximate surface area is 126 Å². The van der Waals surface area contributed by atoms with Crippen LogP contribution in [0.2, 0.25) is 0 Å².